The molecule has 0 radical (unpaired) electrons. The molecule has 0 aliphatic carbocycles. The van der Waals surface area contributed by atoms with Crippen molar-refractivity contribution in [3.8, 4) is 0 Å². The van der Waals surface area contributed by atoms with Crippen LogP contribution in [0.25, 0.3) is 0 Å². The fourth-order valence-electron chi connectivity index (χ4n) is 2.83. The minimum absolute atomic E-state index is 0.0855. The number of unbranched alkanes of at least 4 members (excludes halogenated alkanes) is 13. The zero-order valence-electron chi connectivity index (χ0n) is 16.4. The van der Waals surface area contributed by atoms with Crippen LogP contribution in [0, 0.1) is 0 Å². The smallest absolute Gasteiger partial charge is 0.330 e. The average molecular weight is 355 g/mol. The summed E-state index contributed by atoms with van der Waals surface area (Å²) >= 11 is 0. The van der Waals surface area contributed by atoms with Crippen molar-refractivity contribution in [3.63, 3.8) is 0 Å². The first-order valence-corrected chi connectivity index (χ1v) is 10.0. The summed E-state index contributed by atoms with van der Waals surface area (Å²) < 4.78 is 9.17. The summed E-state index contributed by atoms with van der Waals surface area (Å²) in [5.41, 5.74) is 0. The lowest BCUT2D eigenvalue weighted by atomic mass is 10.0. The van der Waals surface area contributed by atoms with E-state index < -0.39 is 0 Å². The van der Waals surface area contributed by atoms with Crippen molar-refractivity contribution in [2.75, 3.05) is 14.2 Å². The number of methoxy groups -OCH3 is 2. The Morgan fingerprint density at radius 2 is 1.08 bits per heavy atom. The van der Waals surface area contributed by atoms with E-state index in [1.54, 1.807) is 0 Å². The van der Waals surface area contributed by atoms with Crippen molar-refractivity contribution in [2.45, 2.75) is 96.3 Å². The summed E-state index contributed by atoms with van der Waals surface area (Å²) in [4.78, 5) is 21.8. The van der Waals surface area contributed by atoms with E-state index in [0.29, 0.717) is 6.42 Å². The van der Waals surface area contributed by atoms with Gasteiger partial charge in [-0.2, -0.15) is 0 Å². The third-order valence-corrected chi connectivity index (χ3v) is 4.43. The molecule has 0 aromatic carbocycles. The normalized spacial score (nSPS) is 11.0. The highest BCUT2D eigenvalue weighted by atomic mass is 16.5. The van der Waals surface area contributed by atoms with Crippen LogP contribution in [-0.2, 0) is 19.1 Å². The van der Waals surface area contributed by atoms with Gasteiger partial charge in [-0.25, -0.2) is 4.79 Å². The summed E-state index contributed by atoms with van der Waals surface area (Å²) in [5.74, 6) is -0.348. The van der Waals surface area contributed by atoms with Gasteiger partial charge in [-0.15, -0.1) is 0 Å². The van der Waals surface area contributed by atoms with Gasteiger partial charge in [0, 0.05) is 12.5 Å². The number of ether oxygens (including phenoxy) is 2. The number of hydrogen-bond donors (Lipinski definition) is 0. The van der Waals surface area contributed by atoms with Crippen LogP contribution < -0.4 is 0 Å². The van der Waals surface area contributed by atoms with E-state index in [1.165, 1.54) is 84.5 Å². The standard InChI is InChI=1S/C21H38O4/c1-24-20(22)18-16-14-12-10-8-6-4-3-5-7-9-11-13-15-17-19-21(23)25-2/h16,18H,3-15,17,19H2,1-2H3. The highest BCUT2D eigenvalue weighted by molar-refractivity contribution is 5.81. The van der Waals surface area contributed by atoms with Crippen molar-refractivity contribution < 1.29 is 19.1 Å². The molecule has 0 saturated heterocycles. The van der Waals surface area contributed by atoms with E-state index in [1.807, 2.05) is 6.08 Å². The van der Waals surface area contributed by atoms with Gasteiger partial charge in [-0.3, -0.25) is 4.79 Å². The third-order valence-electron chi connectivity index (χ3n) is 4.43. The lowest BCUT2D eigenvalue weighted by Crippen LogP contribution is -1.99. The van der Waals surface area contributed by atoms with Gasteiger partial charge >= 0.3 is 11.9 Å². The monoisotopic (exact) mass is 354 g/mol. The fourth-order valence-corrected chi connectivity index (χ4v) is 2.83. The van der Waals surface area contributed by atoms with Crippen LogP contribution in [0.3, 0.4) is 0 Å². The second-order valence-corrected chi connectivity index (χ2v) is 6.64. The summed E-state index contributed by atoms with van der Waals surface area (Å²) in [6.07, 6.45) is 21.3. The Hall–Kier alpha value is -1.32. The molecule has 25 heavy (non-hydrogen) atoms. The van der Waals surface area contributed by atoms with E-state index in [-0.39, 0.29) is 11.9 Å². The second kappa shape index (κ2) is 19.0. The topological polar surface area (TPSA) is 52.6 Å². The molecule has 0 heterocycles. The minimum atomic E-state index is -0.263. The Kier molecular flexibility index (Phi) is 18.0. The fraction of sp³-hybridized carbons (Fsp3) is 0.810. The van der Waals surface area contributed by atoms with E-state index in [2.05, 4.69) is 9.47 Å². The Morgan fingerprint density at radius 1 is 0.640 bits per heavy atom. The van der Waals surface area contributed by atoms with Gasteiger partial charge in [-0.1, -0.05) is 76.7 Å². The van der Waals surface area contributed by atoms with Crippen LogP contribution in [-0.4, -0.2) is 26.2 Å². The molecular weight excluding hydrogens is 316 g/mol. The van der Waals surface area contributed by atoms with Crippen LogP contribution in [0.4, 0.5) is 0 Å². The molecule has 0 rings (SSSR count). The zero-order chi connectivity index (χ0) is 18.6. The molecule has 0 amide bonds. The summed E-state index contributed by atoms with van der Waals surface area (Å²) in [7, 11) is 2.85. The third kappa shape index (κ3) is 18.9. The van der Waals surface area contributed by atoms with Crippen LogP contribution in [0.2, 0.25) is 0 Å². The van der Waals surface area contributed by atoms with Crippen LogP contribution >= 0.6 is 0 Å². The SMILES string of the molecule is COC(=O)C=CCCCCCCCCCCCCCCCC(=O)OC. The maximum absolute atomic E-state index is 11.0. The number of carbonyl (C=O) groups excluding carboxylic acids is 2. The predicted molar refractivity (Wildman–Crippen MR) is 102 cm³/mol. The Labute approximate surface area is 154 Å². The van der Waals surface area contributed by atoms with Crippen molar-refractivity contribution in [1.82, 2.24) is 0 Å². The Morgan fingerprint density at radius 3 is 1.52 bits per heavy atom. The first-order chi connectivity index (χ1) is 12.2. The Bertz CT molecular complexity index is 350. The lowest BCUT2D eigenvalue weighted by molar-refractivity contribution is -0.140. The van der Waals surface area contributed by atoms with Crippen LogP contribution in [0.5, 0.6) is 0 Å². The molecule has 0 aliphatic rings. The van der Waals surface area contributed by atoms with E-state index in [9.17, 15) is 9.59 Å². The molecule has 146 valence electrons. The molecule has 0 aliphatic heterocycles. The van der Waals surface area contributed by atoms with Gasteiger partial charge in [0.05, 0.1) is 14.2 Å². The molecule has 0 bridgehead atoms. The molecule has 0 N–H and O–H groups in total. The summed E-state index contributed by atoms with van der Waals surface area (Å²) in [6, 6.07) is 0. The van der Waals surface area contributed by atoms with Gasteiger partial charge < -0.3 is 9.47 Å². The van der Waals surface area contributed by atoms with Crippen molar-refractivity contribution in [3.05, 3.63) is 12.2 Å². The molecular formula is C21H38O4. The molecule has 0 aromatic rings. The minimum Gasteiger partial charge on any atom is -0.469 e. The first-order valence-electron chi connectivity index (χ1n) is 10.0. The quantitative estimate of drug-likeness (QED) is 0.190. The number of allylic oxidation sites excluding steroid dienone is 1. The first kappa shape index (κ1) is 23.7. The van der Waals surface area contributed by atoms with E-state index >= 15 is 0 Å². The molecule has 0 fully saturated rings. The highest BCUT2D eigenvalue weighted by Crippen LogP contribution is 2.13. The molecule has 0 saturated carbocycles. The molecule has 4 nitrogen and oxygen atoms in total. The van der Waals surface area contributed by atoms with Crippen molar-refractivity contribution in [2.24, 2.45) is 0 Å². The summed E-state index contributed by atoms with van der Waals surface area (Å²) in [5, 5.41) is 0. The highest BCUT2D eigenvalue weighted by Gasteiger charge is 1.99. The number of hydrogen-bond acceptors (Lipinski definition) is 4. The molecule has 0 aromatic heterocycles. The largest absolute Gasteiger partial charge is 0.469 e. The number of rotatable bonds is 17. The molecule has 0 spiro atoms. The van der Waals surface area contributed by atoms with Gasteiger partial charge in [0.15, 0.2) is 0 Å². The second-order valence-electron chi connectivity index (χ2n) is 6.64. The van der Waals surface area contributed by atoms with Crippen LogP contribution in [0.15, 0.2) is 12.2 Å². The molecule has 4 heteroatoms. The zero-order valence-corrected chi connectivity index (χ0v) is 16.4. The number of carbonyl (C=O) groups is 2. The van der Waals surface area contributed by atoms with Gasteiger partial charge in [0.25, 0.3) is 0 Å². The van der Waals surface area contributed by atoms with E-state index in [0.717, 1.165) is 25.7 Å². The van der Waals surface area contributed by atoms with Crippen molar-refractivity contribution >= 4 is 11.9 Å². The Balaban J connectivity index is 3.11. The maximum Gasteiger partial charge on any atom is 0.330 e. The van der Waals surface area contributed by atoms with E-state index in [4.69, 9.17) is 0 Å². The van der Waals surface area contributed by atoms with Gasteiger partial charge in [0.2, 0.25) is 0 Å². The van der Waals surface area contributed by atoms with Gasteiger partial charge in [-0.05, 0) is 19.3 Å². The predicted octanol–water partition coefficient (Wildman–Crippen LogP) is 5.74. The molecule has 0 atom stereocenters. The average Bonchev–Trinajstić information content (AvgIpc) is 2.63. The van der Waals surface area contributed by atoms with Crippen molar-refractivity contribution in [1.29, 1.82) is 0 Å². The lowest BCUT2D eigenvalue weighted by Gasteiger charge is -2.03. The van der Waals surface area contributed by atoms with Gasteiger partial charge in [0.1, 0.15) is 0 Å². The molecule has 0 unspecified atom stereocenters. The number of esters is 2. The van der Waals surface area contributed by atoms with Crippen LogP contribution in [0.1, 0.15) is 96.3 Å². The maximum atomic E-state index is 11.0. The summed E-state index contributed by atoms with van der Waals surface area (Å²) in [6.45, 7) is 0.